The van der Waals surface area contributed by atoms with Gasteiger partial charge in [-0.3, -0.25) is 19.7 Å². The number of carbonyl (C=O) groups excluding carboxylic acids is 2. The zero-order valence-corrected chi connectivity index (χ0v) is 14.1. The highest BCUT2D eigenvalue weighted by atomic mass is 35.5. The van der Waals surface area contributed by atoms with Crippen LogP contribution in [0.5, 0.6) is 5.75 Å². The van der Waals surface area contributed by atoms with Crippen LogP contribution in [-0.4, -0.2) is 25.0 Å². The zero-order valence-electron chi connectivity index (χ0n) is 13.3. The first-order valence-corrected chi connectivity index (χ1v) is 8.16. The van der Waals surface area contributed by atoms with Crippen LogP contribution in [0.25, 0.3) is 0 Å². The van der Waals surface area contributed by atoms with Crippen molar-refractivity contribution in [3.05, 3.63) is 59.1 Å². The van der Waals surface area contributed by atoms with E-state index in [0.717, 1.165) is 11.3 Å². The highest BCUT2D eigenvalue weighted by Crippen LogP contribution is 2.44. The molecule has 3 atom stereocenters. The molecule has 0 saturated carbocycles. The molecule has 3 unspecified atom stereocenters. The third-order valence-electron chi connectivity index (χ3n) is 4.49. The number of nitrogens with one attached hydrogen (secondary N) is 1. The van der Waals surface area contributed by atoms with Crippen LogP contribution >= 0.6 is 11.6 Å². The number of amides is 2. The van der Waals surface area contributed by atoms with Crippen molar-refractivity contribution in [1.82, 2.24) is 5.32 Å². The third-order valence-corrected chi connectivity index (χ3v) is 4.74. The fourth-order valence-corrected chi connectivity index (χ4v) is 3.41. The highest BCUT2D eigenvalue weighted by molar-refractivity contribution is 6.30. The van der Waals surface area contributed by atoms with Gasteiger partial charge in [-0.2, -0.15) is 0 Å². The maximum atomic E-state index is 12.3. The minimum atomic E-state index is -0.838. The maximum absolute atomic E-state index is 12.3. The van der Waals surface area contributed by atoms with Crippen molar-refractivity contribution < 1.29 is 19.2 Å². The van der Waals surface area contributed by atoms with Crippen molar-refractivity contribution in [2.45, 2.75) is 12.1 Å². The molecule has 0 bridgehead atoms. The molecule has 0 aromatic heterocycles. The van der Waals surface area contributed by atoms with Crippen molar-refractivity contribution in [1.29, 1.82) is 0 Å². The number of nitrogens with zero attached hydrogens (tertiary/aromatic N) is 1. The molecule has 1 N–H and O–H groups in total. The van der Waals surface area contributed by atoms with Crippen LogP contribution < -0.4 is 15.1 Å². The fraction of sp³-hybridized carbons (Fsp3) is 0.222. The lowest BCUT2D eigenvalue weighted by Gasteiger charge is -2.27. The van der Waals surface area contributed by atoms with Crippen molar-refractivity contribution in [2.75, 3.05) is 12.2 Å². The van der Waals surface area contributed by atoms with Crippen molar-refractivity contribution in [3.63, 3.8) is 0 Å². The van der Waals surface area contributed by atoms with Gasteiger partial charge in [0.25, 0.3) is 5.91 Å². The Hall–Kier alpha value is -2.57. The topological polar surface area (TPSA) is 67.9 Å². The molecule has 2 heterocycles. The number of hydroxylamine groups is 1. The number of rotatable bonds is 3. The average Bonchev–Trinajstić information content (AvgIpc) is 3.14. The number of carbonyl (C=O) groups is 2. The molecule has 2 amide bonds. The van der Waals surface area contributed by atoms with Crippen LogP contribution in [0.4, 0.5) is 5.69 Å². The van der Waals surface area contributed by atoms with Crippen LogP contribution in [0, 0.1) is 5.92 Å². The van der Waals surface area contributed by atoms with E-state index in [9.17, 15) is 9.59 Å². The van der Waals surface area contributed by atoms with Gasteiger partial charge in [-0.1, -0.05) is 23.7 Å². The van der Waals surface area contributed by atoms with E-state index in [1.165, 1.54) is 0 Å². The molecule has 2 aliphatic heterocycles. The minimum Gasteiger partial charge on any atom is -0.497 e. The highest BCUT2D eigenvalue weighted by Gasteiger charge is 2.56. The van der Waals surface area contributed by atoms with E-state index < -0.39 is 24.0 Å². The number of halogens is 1. The lowest BCUT2D eigenvalue weighted by Crippen LogP contribution is -2.33. The van der Waals surface area contributed by atoms with E-state index in [1.54, 1.807) is 36.4 Å². The van der Waals surface area contributed by atoms with Gasteiger partial charge >= 0.3 is 0 Å². The van der Waals surface area contributed by atoms with E-state index in [1.807, 2.05) is 24.3 Å². The predicted molar refractivity (Wildman–Crippen MR) is 91.2 cm³/mol. The number of fused-ring (bicyclic) bond motifs is 1. The van der Waals surface area contributed by atoms with Gasteiger partial charge in [0.1, 0.15) is 11.7 Å². The van der Waals surface area contributed by atoms with Crippen molar-refractivity contribution in [3.8, 4) is 5.75 Å². The Morgan fingerprint density at radius 1 is 1.04 bits per heavy atom. The molecule has 0 spiro atoms. The summed E-state index contributed by atoms with van der Waals surface area (Å²) >= 11 is 5.96. The Balaban J connectivity index is 1.77. The number of hydrogen-bond acceptors (Lipinski definition) is 5. The summed E-state index contributed by atoms with van der Waals surface area (Å²) in [6.45, 7) is 0. The Labute approximate surface area is 149 Å². The van der Waals surface area contributed by atoms with Crippen LogP contribution in [-0.2, 0) is 14.4 Å². The Bertz CT molecular complexity index is 822. The van der Waals surface area contributed by atoms with Gasteiger partial charge in [0.2, 0.25) is 5.91 Å². The number of imide groups is 1. The molecule has 2 aliphatic rings. The first kappa shape index (κ1) is 15.9. The van der Waals surface area contributed by atoms with Crippen LogP contribution in [0.2, 0.25) is 5.02 Å². The largest absolute Gasteiger partial charge is 0.497 e. The number of methoxy groups -OCH3 is 1. The summed E-state index contributed by atoms with van der Waals surface area (Å²) in [5, 5.41) is 4.56. The monoisotopic (exact) mass is 358 g/mol. The number of ether oxygens (including phenoxy) is 1. The van der Waals surface area contributed by atoms with Crippen LogP contribution in [0.1, 0.15) is 11.6 Å². The summed E-state index contributed by atoms with van der Waals surface area (Å²) in [7, 11) is 1.59. The van der Waals surface area contributed by atoms with Gasteiger partial charge in [0.15, 0.2) is 6.10 Å². The second-order valence-corrected chi connectivity index (χ2v) is 6.36. The summed E-state index contributed by atoms with van der Waals surface area (Å²) in [6, 6.07) is 14.0. The molecule has 0 aliphatic carbocycles. The average molecular weight is 359 g/mol. The van der Waals surface area contributed by atoms with Crippen molar-refractivity contribution in [2.24, 2.45) is 5.92 Å². The second kappa shape index (κ2) is 6.06. The lowest BCUT2D eigenvalue weighted by atomic mass is 9.90. The van der Waals surface area contributed by atoms with E-state index in [4.69, 9.17) is 21.2 Å². The maximum Gasteiger partial charge on any atom is 0.259 e. The van der Waals surface area contributed by atoms with Gasteiger partial charge in [0, 0.05) is 5.02 Å². The predicted octanol–water partition coefficient (Wildman–Crippen LogP) is 2.48. The molecule has 4 rings (SSSR count). The molecule has 2 fully saturated rings. The van der Waals surface area contributed by atoms with Gasteiger partial charge in [-0.05, 0) is 42.0 Å². The molecular weight excluding hydrogens is 344 g/mol. The molecular formula is C18H15ClN2O4. The quantitative estimate of drug-likeness (QED) is 0.854. The van der Waals surface area contributed by atoms with E-state index >= 15 is 0 Å². The number of hydrogen-bond donors (Lipinski definition) is 1. The van der Waals surface area contributed by atoms with Gasteiger partial charge in [0.05, 0.1) is 18.8 Å². The molecule has 7 heteroatoms. The Morgan fingerprint density at radius 2 is 1.72 bits per heavy atom. The molecule has 2 saturated heterocycles. The van der Waals surface area contributed by atoms with Gasteiger partial charge < -0.3 is 4.74 Å². The first-order valence-electron chi connectivity index (χ1n) is 7.79. The summed E-state index contributed by atoms with van der Waals surface area (Å²) in [4.78, 5) is 30.2. The molecule has 2 aromatic rings. The summed E-state index contributed by atoms with van der Waals surface area (Å²) in [5.74, 6) is -0.641. The van der Waals surface area contributed by atoms with Gasteiger partial charge in [-0.25, -0.2) is 5.06 Å². The van der Waals surface area contributed by atoms with Crippen LogP contribution in [0.3, 0.4) is 0 Å². The van der Waals surface area contributed by atoms with Gasteiger partial charge in [-0.15, -0.1) is 0 Å². The molecule has 2 aromatic carbocycles. The van der Waals surface area contributed by atoms with Crippen LogP contribution in [0.15, 0.2) is 48.5 Å². The van der Waals surface area contributed by atoms with E-state index in [0.29, 0.717) is 10.8 Å². The summed E-state index contributed by atoms with van der Waals surface area (Å²) in [5.41, 5.74) is 1.58. The molecule has 128 valence electrons. The number of anilines is 1. The number of benzene rings is 2. The SMILES string of the molecule is COc1ccc(C2C3C(=O)NC(=O)C3ON2c2ccc(Cl)cc2)cc1. The Kier molecular flexibility index (Phi) is 3.86. The minimum absolute atomic E-state index is 0.327. The van der Waals surface area contributed by atoms with E-state index in [-0.39, 0.29) is 5.91 Å². The third kappa shape index (κ3) is 2.63. The lowest BCUT2D eigenvalue weighted by molar-refractivity contribution is -0.129. The standard InChI is InChI=1S/C18H15ClN2O4/c1-24-13-8-2-10(3-9-13)15-14-16(18(23)20-17(14)22)25-21(15)12-6-4-11(19)5-7-12/h2-9,14-16H,1H3,(H,20,22,23). The molecule has 6 nitrogen and oxygen atoms in total. The van der Waals surface area contributed by atoms with E-state index in [2.05, 4.69) is 5.32 Å². The molecule has 25 heavy (non-hydrogen) atoms. The Morgan fingerprint density at radius 3 is 2.36 bits per heavy atom. The summed E-state index contributed by atoms with van der Waals surface area (Å²) < 4.78 is 5.19. The second-order valence-electron chi connectivity index (χ2n) is 5.93. The smallest absolute Gasteiger partial charge is 0.259 e. The normalized spacial score (nSPS) is 25.0. The molecule has 0 radical (unpaired) electrons. The summed E-state index contributed by atoms with van der Waals surface area (Å²) in [6.07, 6.45) is -0.838. The zero-order chi connectivity index (χ0) is 17.6. The first-order chi connectivity index (χ1) is 12.1. The fourth-order valence-electron chi connectivity index (χ4n) is 3.29. The van der Waals surface area contributed by atoms with Crippen molar-refractivity contribution >= 4 is 29.1 Å².